The molecule has 156 valence electrons. The van der Waals surface area contributed by atoms with Crippen LogP contribution in [-0.2, 0) is 23.0 Å². The summed E-state index contributed by atoms with van der Waals surface area (Å²) in [7, 11) is -3.72. The minimum absolute atomic E-state index is 0.126. The molecule has 0 spiro atoms. The molecule has 3 aromatic rings. The third-order valence-corrected chi connectivity index (χ3v) is 7.12. The van der Waals surface area contributed by atoms with Gasteiger partial charge in [-0.1, -0.05) is 24.3 Å². The molecule has 0 atom stereocenters. The highest BCUT2D eigenvalue weighted by Gasteiger charge is 2.30. The predicted molar refractivity (Wildman–Crippen MR) is 115 cm³/mol. The molecule has 7 nitrogen and oxygen atoms in total. The van der Waals surface area contributed by atoms with Gasteiger partial charge in [-0.25, -0.2) is 13.4 Å². The van der Waals surface area contributed by atoms with Crippen LogP contribution in [0.4, 0.5) is 5.69 Å². The minimum Gasteiger partial charge on any atom is -0.352 e. The van der Waals surface area contributed by atoms with Gasteiger partial charge in [-0.3, -0.25) is 9.10 Å². The van der Waals surface area contributed by atoms with E-state index in [-0.39, 0.29) is 10.8 Å². The van der Waals surface area contributed by atoms with Gasteiger partial charge in [0.05, 0.1) is 10.6 Å². The first kappa shape index (κ1) is 20.2. The Labute approximate surface area is 176 Å². The average Bonchev–Trinajstić information content (AvgIpc) is 3.37. The van der Waals surface area contributed by atoms with Crippen LogP contribution < -0.4 is 9.62 Å². The van der Waals surface area contributed by atoms with Crippen LogP contribution in [0.15, 0.2) is 65.8 Å². The topological polar surface area (TPSA) is 84.3 Å². The van der Waals surface area contributed by atoms with Gasteiger partial charge in [0.2, 0.25) is 0 Å². The highest BCUT2D eigenvalue weighted by molar-refractivity contribution is 7.92. The third-order valence-electron chi connectivity index (χ3n) is 5.31. The lowest BCUT2D eigenvalue weighted by atomic mass is 10.2. The van der Waals surface area contributed by atoms with E-state index in [0.29, 0.717) is 30.8 Å². The van der Waals surface area contributed by atoms with Crippen LogP contribution in [0.25, 0.3) is 0 Å². The SMILES string of the molecule is Cc1nccn1CCCNC(=O)c1cccc(S(=O)(=O)N2CCc3ccccc32)c1. The number of imidazole rings is 1. The van der Waals surface area contributed by atoms with Gasteiger partial charge in [-0.05, 0) is 49.6 Å². The number of fused-ring (bicyclic) bond motifs is 1. The maximum Gasteiger partial charge on any atom is 0.264 e. The number of nitrogens with zero attached hydrogens (tertiary/aromatic N) is 3. The molecule has 30 heavy (non-hydrogen) atoms. The second-order valence-corrected chi connectivity index (χ2v) is 9.12. The van der Waals surface area contributed by atoms with Crippen LogP contribution in [0.1, 0.15) is 28.2 Å². The molecule has 1 aliphatic heterocycles. The summed E-state index contributed by atoms with van der Waals surface area (Å²) < 4.78 is 29.8. The summed E-state index contributed by atoms with van der Waals surface area (Å²) in [5.74, 6) is 0.652. The van der Waals surface area contributed by atoms with E-state index in [2.05, 4.69) is 10.3 Å². The molecule has 0 saturated heterocycles. The van der Waals surface area contributed by atoms with Crippen molar-refractivity contribution in [3.05, 3.63) is 77.9 Å². The van der Waals surface area contributed by atoms with E-state index in [9.17, 15) is 13.2 Å². The molecule has 0 saturated carbocycles. The highest BCUT2D eigenvalue weighted by atomic mass is 32.2. The van der Waals surface area contributed by atoms with Crippen LogP contribution in [0.5, 0.6) is 0 Å². The number of aryl methyl sites for hydroxylation is 2. The second kappa shape index (κ2) is 8.31. The Morgan fingerprint density at radius 1 is 1.17 bits per heavy atom. The van der Waals surface area contributed by atoms with Crippen molar-refractivity contribution in [2.24, 2.45) is 0 Å². The molecule has 8 heteroatoms. The van der Waals surface area contributed by atoms with Crippen molar-refractivity contribution >= 4 is 21.6 Å². The number of benzene rings is 2. The molecule has 2 aromatic carbocycles. The Balaban J connectivity index is 1.43. The molecule has 1 amide bonds. The van der Waals surface area contributed by atoms with Gasteiger partial charge < -0.3 is 9.88 Å². The predicted octanol–water partition coefficient (Wildman–Crippen LogP) is 2.76. The van der Waals surface area contributed by atoms with Crippen molar-refractivity contribution in [2.45, 2.75) is 31.2 Å². The number of carbonyl (C=O) groups is 1. The third kappa shape index (κ3) is 3.95. The highest BCUT2D eigenvalue weighted by Crippen LogP contribution is 2.32. The summed E-state index contributed by atoms with van der Waals surface area (Å²) in [6.45, 7) is 3.59. The number of carbonyl (C=O) groups excluding carboxylic acids is 1. The first-order valence-electron chi connectivity index (χ1n) is 9.93. The first-order valence-corrected chi connectivity index (χ1v) is 11.4. The lowest BCUT2D eigenvalue weighted by Gasteiger charge is -2.20. The molecule has 0 fully saturated rings. The zero-order valence-electron chi connectivity index (χ0n) is 16.8. The lowest BCUT2D eigenvalue weighted by Crippen LogP contribution is -2.30. The van der Waals surface area contributed by atoms with Gasteiger partial charge in [0.25, 0.3) is 15.9 Å². The Morgan fingerprint density at radius 3 is 2.80 bits per heavy atom. The van der Waals surface area contributed by atoms with Crippen molar-refractivity contribution in [1.82, 2.24) is 14.9 Å². The molecule has 0 aliphatic carbocycles. The minimum atomic E-state index is -3.72. The number of aromatic nitrogens is 2. The fraction of sp³-hybridized carbons (Fsp3) is 0.273. The molecule has 0 bridgehead atoms. The van der Waals surface area contributed by atoms with Crippen molar-refractivity contribution in [3.63, 3.8) is 0 Å². The molecule has 0 radical (unpaired) electrons. The number of nitrogens with one attached hydrogen (secondary N) is 1. The quantitative estimate of drug-likeness (QED) is 0.591. The van der Waals surface area contributed by atoms with Crippen molar-refractivity contribution < 1.29 is 13.2 Å². The molecule has 4 rings (SSSR count). The van der Waals surface area contributed by atoms with E-state index < -0.39 is 10.0 Å². The molecule has 1 N–H and O–H groups in total. The largest absolute Gasteiger partial charge is 0.352 e. The average molecular weight is 425 g/mol. The Hall–Kier alpha value is -3.13. The molecular weight excluding hydrogens is 400 g/mol. The van der Waals surface area contributed by atoms with Crippen LogP contribution in [0.3, 0.4) is 0 Å². The summed E-state index contributed by atoms with van der Waals surface area (Å²) >= 11 is 0. The number of anilines is 1. The van der Waals surface area contributed by atoms with E-state index in [1.54, 1.807) is 18.3 Å². The fourth-order valence-electron chi connectivity index (χ4n) is 3.68. The van der Waals surface area contributed by atoms with E-state index >= 15 is 0 Å². The summed E-state index contributed by atoms with van der Waals surface area (Å²) in [4.78, 5) is 16.8. The summed E-state index contributed by atoms with van der Waals surface area (Å²) in [6, 6.07) is 13.7. The van der Waals surface area contributed by atoms with Crippen LogP contribution in [-0.4, -0.2) is 37.0 Å². The molecule has 1 aliphatic rings. The van der Waals surface area contributed by atoms with E-state index in [0.717, 1.165) is 24.4 Å². The monoisotopic (exact) mass is 424 g/mol. The van der Waals surface area contributed by atoms with Crippen molar-refractivity contribution in [1.29, 1.82) is 0 Å². The molecule has 2 heterocycles. The van der Waals surface area contributed by atoms with Crippen LogP contribution in [0, 0.1) is 6.92 Å². The first-order chi connectivity index (χ1) is 14.5. The number of amides is 1. The Morgan fingerprint density at radius 2 is 2.00 bits per heavy atom. The van der Waals surface area contributed by atoms with Gasteiger partial charge in [0, 0.05) is 37.6 Å². The van der Waals surface area contributed by atoms with Crippen molar-refractivity contribution in [2.75, 3.05) is 17.4 Å². The second-order valence-electron chi connectivity index (χ2n) is 7.26. The van der Waals surface area contributed by atoms with E-state index in [4.69, 9.17) is 0 Å². The number of rotatable bonds is 7. The maximum absolute atomic E-state index is 13.2. The fourth-order valence-corrected chi connectivity index (χ4v) is 5.23. The number of hydrogen-bond acceptors (Lipinski definition) is 4. The zero-order chi connectivity index (χ0) is 21.1. The van der Waals surface area contributed by atoms with Crippen LogP contribution in [0.2, 0.25) is 0 Å². The summed E-state index contributed by atoms with van der Waals surface area (Å²) in [5, 5.41) is 2.86. The zero-order valence-corrected chi connectivity index (χ0v) is 17.6. The molecule has 0 unspecified atom stereocenters. The molecule has 1 aromatic heterocycles. The van der Waals surface area contributed by atoms with Gasteiger partial charge in [-0.2, -0.15) is 0 Å². The van der Waals surface area contributed by atoms with Gasteiger partial charge >= 0.3 is 0 Å². The van der Waals surface area contributed by atoms with E-state index in [1.807, 2.05) is 42.0 Å². The summed E-state index contributed by atoms with van der Waals surface area (Å²) in [6.07, 6.45) is 5.10. The maximum atomic E-state index is 13.2. The van der Waals surface area contributed by atoms with Gasteiger partial charge in [-0.15, -0.1) is 0 Å². The lowest BCUT2D eigenvalue weighted by molar-refractivity contribution is 0.0952. The smallest absolute Gasteiger partial charge is 0.264 e. The number of sulfonamides is 1. The summed E-state index contributed by atoms with van der Waals surface area (Å²) in [5.41, 5.74) is 2.06. The number of hydrogen-bond donors (Lipinski definition) is 1. The van der Waals surface area contributed by atoms with Crippen LogP contribution >= 0.6 is 0 Å². The standard InChI is InChI=1S/C22H24N4O3S/c1-17-23-12-15-25(17)13-5-11-24-22(27)19-7-4-8-20(16-19)30(28,29)26-14-10-18-6-2-3-9-21(18)26/h2-4,6-9,12,15-16H,5,10-11,13-14H2,1H3,(H,24,27). The number of para-hydroxylation sites is 1. The Bertz CT molecular complexity index is 1170. The molecular formula is C22H24N4O3S. The van der Waals surface area contributed by atoms with Gasteiger partial charge in [0.1, 0.15) is 5.82 Å². The normalized spacial score (nSPS) is 13.3. The van der Waals surface area contributed by atoms with Gasteiger partial charge in [0.15, 0.2) is 0 Å². The van der Waals surface area contributed by atoms with E-state index in [1.165, 1.54) is 16.4 Å². The van der Waals surface area contributed by atoms with Crippen molar-refractivity contribution in [3.8, 4) is 0 Å². The Kier molecular flexibility index (Phi) is 5.59.